The molecule has 0 saturated carbocycles. The number of rotatable bonds is 5. The smallest absolute Gasteiger partial charge is 0.478 e. The molecule has 152 valence electrons. The zero-order chi connectivity index (χ0) is 21.2. The van der Waals surface area contributed by atoms with Gasteiger partial charge in [-0.2, -0.15) is 0 Å². The molecule has 0 bridgehead atoms. The number of aromatic carboxylic acids is 1. The molecule has 3 rings (SSSR count). The lowest BCUT2D eigenvalue weighted by atomic mass is 9.78. The average Bonchev–Trinajstić information content (AvgIpc) is 2.88. The van der Waals surface area contributed by atoms with Crippen molar-refractivity contribution in [3.05, 3.63) is 59.7 Å². The SMILES string of the molecule is CC1(C)OB(c2cc(NC(=O)OCc3ccccc3)cc(C(=O)O)c2)OC1(C)C. The van der Waals surface area contributed by atoms with Gasteiger partial charge in [-0.15, -0.1) is 0 Å². The number of ether oxygens (including phenoxy) is 1. The predicted molar refractivity (Wildman–Crippen MR) is 109 cm³/mol. The number of anilines is 1. The largest absolute Gasteiger partial charge is 0.494 e. The molecule has 2 aromatic carbocycles. The molecule has 0 aromatic heterocycles. The molecule has 1 aliphatic rings. The number of benzene rings is 2. The zero-order valence-corrected chi connectivity index (χ0v) is 16.9. The summed E-state index contributed by atoms with van der Waals surface area (Å²) in [6, 6.07) is 13.7. The summed E-state index contributed by atoms with van der Waals surface area (Å²) in [7, 11) is -0.750. The average molecular weight is 397 g/mol. The second-order valence-electron chi connectivity index (χ2n) is 7.92. The number of carbonyl (C=O) groups excluding carboxylic acids is 1. The lowest BCUT2D eigenvalue weighted by Crippen LogP contribution is -2.41. The fourth-order valence-electron chi connectivity index (χ4n) is 2.84. The predicted octanol–water partition coefficient (Wildman–Crippen LogP) is 3.43. The van der Waals surface area contributed by atoms with Crippen LogP contribution in [0.25, 0.3) is 0 Å². The third kappa shape index (κ3) is 4.78. The van der Waals surface area contributed by atoms with E-state index in [1.54, 1.807) is 6.07 Å². The first-order valence-electron chi connectivity index (χ1n) is 9.29. The summed E-state index contributed by atoms with van der Waals surface area (Å²) in [5.74, 6) is -1.12. The monoisotopic (exact) mass is 397 g/mol. The van der Waals surface area contributed by atoms with Gasteiger partial charge in [0, 0.05) is 5.69 Å². The maximum atomic E-state index is 12.2. The van der Waals surface area contributed by atoms with Crippen molar-refractivity contribution in [1.29, 1.82) is 0 Å². The Labute approximate surface area is 170 Å². The van der Waals surface area contributed by atoms with E-state index in [1.807, 2.05) is 58.0 Å². The van der Waals surface area contributed by atoms with Crippen molar-refractivity contribution in [3.63, 3.8) is 0 Å². The maximum Gasteiger partial charge on any atom is 0.494 e. The molecule has 0 spiro atoms. The fourth-order valence-corrected chi connectivity index (χ4v) is 2.84. The van der Waals surface area contributed by atoms with Crippen molar-refractivity contribution in [2.45, 2.75) is 45.5 Å². The van der Waals surface area contributed by atoms with Crippen molar-refractivity contribution in [2.75, 3.05) is 5.32 Å². The van der Waals surface area contributed by atoms with Gasteiger partial charge in [0.1, 0.15) is 6.61 Å². The lowest BCUT2D eigenvalue weighted by molar-refractivity contribution is 0.00578. The molecule has 0 aliphatic carbocycles. The maximum absolute atomic E-state index is 12.2. The molecule has 1 amide bonds. The van der Waals surface area contributed by atoms with E-state index in [0.29, 0.717) is 5.46 Å². The molecule has 2 aromatic rings. The van der Waals surface area contributed by atoms with Gasteiger partial charge in [-0.25, -0.2) is 9.59 Å². The number of carboxylic acid groups (broad SMARTS) is 1. The summed E-state index contributed by atoms with van der Waals surface area (Å²) in [6.07, 6.45) is -0.684. The van der Waals surface area contributed by atoms with Crippen LogP contribution in [0.4, 0.5) is 10.5 Å². The highest BCUT2D eigenvalue weighted by molar-refractivity contribution is 6.62. The molecule has 29 heavy (non-hydrogen) atoms. The number of carbonyl (C=O) groups is 2. The van der Waals surface area contributed by atoms with E-state index in [1.165, 1.54) is 12.1 Å². The lowest BCUT2D eigenvalue weighted by Gasteiger charge is -2.32. The van der Waals surface area contributed by atoms with Crippen LogP contribution >= 0.6 is 0 Å². The van der Waals surface area contributed by atoms with E-state index in [-0.39, 0.29) is 17.9 Å². The number of amides is 1. The molecule has 1 saturated heterocycles. The molecule has 7 nitrogen and oxygen atoms in total. The highest BCUT2D eigenvalue weighted by atomic mass is 16.7. The van der Waals surface area contributed by atoms with Crippen LogP contribution in [0, 0.1) is 0 Å². The van der Waals surface area contributed by atoms with Crippen LogP contribution in [-0.4, -0.2) is 35.5 Å². The summed E-state index contributed by atoms with van der Waals surface area (Å²) in [5, 5.41) is 12.0. The zero-order valence-electron chi connectivity index (χ0n) is 16.9. The highest BCUT2D eigenvalue weighted by Crippen LogP contribution is 2.36. The Bertz CT molecular complexity index is 897. The number of nitrogens with one attached hydrogen (secondary N) is 1. The Morgan fingerprint density at radius 1 is 1.03 bits per heavy atom. The Balaban J connectivity index is 1.77. The highest BCUT2D eigenvalue weighted by Gasteiger charge is 2.51. The van der Waals surface area contributed by atoms with E-state index in [0.717, 1.165) is 5.56 Å². The summed E-state index contributed by atoms with van der Waals surface area (Å²) in [6.45, 7) is 7.75. The van der Waals surface area contributed by atoms with Gasteiger partial charge < -0.3 is 19.2 Å². The molecular weight excluding hydrogens is 373 g/mol. The topological polar surface area (TPSA) is 94.1 Å². The minimum absolute atomic E-state index is 0.00979. The van der Waals surface area contributed by atoms with E-state index in [2.05, 4.69) is 5.32 Å². The summed E-state index contributed by atoms with van der Waals surface area (Å²) >= 11 is 0. The van der Waals surface area contributed by atoms with Crippen LogP contribution in [0.3, 0.4) is 0 Å². The Kier molecular flexibility index (Phi) is 5.68. The molecule has 1 fully saturated rings. The van der Waals surface area contributed by atoms with Crippen molar-refractivity contribution < 1.29 is 28.7 Å². The molecule has 0 atom stereocenters. The van der Waals surface area contributed by atoms with E-state index in [9.17, 15) is 14.7 Å². The van der Waals surface area contributed by atoms with Gasteiger partial charge in [0.15, 0.2) is 0 Å². The quantitative estimate of drug-likeness (QED) is 0.751. The Hall–Kier alpha value is -2.84. The molecule has 1 heterocycles. The van der Waals surface area contributed by atoms with Crippen LogP contribution in [-0.2, 0) is 20.7 Å². The van der Waals surface area contributed by atoms with Crippen molar-refractivity contribution in [2.24, 2.45) is 0 Å². The van der Waals surface area contributed by atoms with Gasteiger partial charge in [0.2, 0.25) is 0 Å². The second kappa shape index (κ2) is 7.89. The van der Waals surface area contributed by atoms with Crippen LogP contribution in [0.2, 0.25) is 0 Å². The van der Waals surface area contributed by atoms with Gasteiger partial charge >= 0.3 is 19.2 Å². The third-order valence-corrected chi connectivity index (χ3v) is 5.19. The summed E-state index contributed by atoms with van der Waals surface area (Å²) in [4.78, 5) is 23.7. The second-order valence-corrected chi connectivity index (χ2v) is 7.92. The van der Waals surface area contributed by atoms with E-state index < -0.39 is 30.4 Å². The summed E-state index contributed by atoms with van der Waals surface area (Å²) < 4.78 is 17.2. The van der Waals surface area contributed by atoms with Gasteiger partial charge in [-0.05, 0) is 56.9 Å². The van der Waals surface area contributed by atoms with Crippen molar-refractivity contribution in [1.82, 2.24) is 0 Å². The van der Waals surface area contributed by atoms with Gasteiger partial charge in [-0.3, -0.25) is 5.32 Å². The molecule has 0 unspecified atom stereocenters. The van der Waals surface area contributed by atoms with Crippen molar-refractivity contribution >= 4 is 30.3 Å². The first-order chi connectivity index (χ1) is 13.6. The van der Waals surface area contributed by atoms with Crippen LogP contribution in [0.15, 0.2) is 48.5 Å². The van der Waals surface area contributed by atoms with E-state index in [4.69, 9.17) is 14.0 Å². The minimum atomic E-state index is -1.12. The molecule has 0 radical (unpaired) electrons. The minimum Gasteiger partial charge on any atom is -0.478 e. The standard InChI is InChI=1S/C21H24BNO6/c1-20(2)21(3,4)29-22(28-20)16-10-15(18(24)25)11-17(12-16)23-19(26)27-13-14-8-6-5-7-9-14/h5-12H,13H2,1-4H3,(H,23,26)(H,24,25). The fraction of sp³-hybridized carbons (Fsp3) is 0.333. The normalized spacial score (nSPS) is 17.0. The molecular formula is C21H24BNO6. The van der Waals surface area contributed by atoms with Crippen LogP contribution < -0.4 is 10.8 Å². The van der Waals surface area contributed by atoms with E-state index >= 15 is 0 Å². The van der Waals surface area contributed by atoms with Crippen LogP contribution in [0.5, 0.6) is 0 Å². The van der Waals surface area contributed by atoms with Crippen LogP contribution in [0.1, 0.15) is 43.6 Å². The third-order valence-electron chi connectivity index (χ3n) is 5.19. The first kappa shape index (κ1) is 20.9. The number of carboxylic acids is 1. The Morgan fingerprint density at radius 3 is 2.24 bits per heavy atom. The van der Waals surface area contributed by atoms with Gasteiger partial charge in [-0.1, -0.05) is 30.3 Å². The Morgan fingerprint density at radius 2 is 1.66 bits per heavy atom. The summed E-state index contributed by atoms with van der Waals surface area (Å²) in [5.41, 5.74) is 0.503. The molecule has 8 heteroatoms. The molecule has 2 N–H and O–H groups in total. The van der Waals surface area contributed by atoms with Gasteiger partial charge in [0.25, 0.3) is 0 Å². The molecule has 1 aliphatic heterocycles. The van der Waals surface area contributed by atoms with Crippen molar-refractivity contribution in [3.8, 4) is 0 Å². The van der Waals surface area contributed by atoms with Gasteiger partial charge in [0.05, 0.1) is 16.8 Å². The first-order valence-corrected chi connectivity index (χ1v) is 9.29. The number of hydrogen-bond acceptors (Lipinski definition) is 5. The number of hydrogen-bond donors (Lipinski definition) is 2.